The molecule has 0 heterocycles. The van der Waals surface area contributed by atoms with E-state index in [9.17, 15) is 18.0 Å². The number of carbonyl (C=O) groups is 1. The number of amides is 1. The van der Waals surface area contributed by atoms with Crippen molar-refractivity contribution in [3.63, 3.8) is 0 Å². The Morgan fingerprint density at radius 2 is 1.67 bits per heavy atom. The van der Waals surface area contributed by atoms with E-state index in [1.165, 1.54) is 4.90 Å². The molecule has 0 saturated heterocycles. The van der Waals surface area contributed by atoms with Gasteiger partial charge in [-0.2, -0.15) is 13.2 Å². The lowest BCUT2D eigenvalue weighted by atomic mass is 10.2. The van der Waals surface area contributed by atoms with E-state index in [0.29, 0.717) is 11.7 Å². The average Bonchev–Trinajstić information content (AvgIpc) is 2.54. The molecule has 148 valence electrons. The number of carbonyl (C=O) groups excluding carboxylic acids is 1. The third kappa shape index (κ3) is 7.59. The van der Waals surface area contributed by atoms with E-state index in [4.69, 9.17) is 0 Å². The van der Waals surface area contributed by atoms with Crippen molar-refractivity contribution in [1.82, 2.24) is 0 Å². The lowest BCUT2D eigenvalue weighted by Gasteiger charge is -2.32. The molecule has 0 unspecified atom stereocenters. The van der Waals surface area contributed by atoms with Crippen LogP contribution in [0.15, 0.2) is 62.2 Å². The Morgan fingerprint density at radius 3 is 2.11 bits per heavy atom. The highest BCUT2D eigenvalue weighted by Crippen LogP contribution is 2.30. The Balaban J connectivity index is 3.14. The number of benzene rings is 1. The van der Waals surface area contributed by atoms with Crippen LogP contribution in [0, 0.1) is 6.92 Å². The maximum absolute atomic E-state index is 12.8. The van der Waals surface area contributed by atoms with Gasteiger partial charge in [-0.3, -0.25) is 4.79 Å². The van der Waals surface area contributed by atoms with Crippen molar-refractivity contribution >= 4 is 19.7 Å². The van der Waals surface area contributed by atoms with Gasteiger partial charge in [0.25, 0.3) is 0 Å². The second-order valence-corrected chi connectivity index (χ2v) is 11.6. The molecule has 27 heavy (non-hydrogen) atoms. The van der Waals surface area contributed by atoms with Gasteiger partial charge in [0.15, 0.2) is 0 Å². The zero-order valence-electron chi connectivity index (χ0n) is 15.9. The molecule has 0 saturated carbocycles. The summed E-state index contributed by atoms with van der Waals surface area (Å²) in [6.45, 7) is 13.6. The Bertz CT molecular complexity index is 643. The average molecular weight is 396 g/mol. The maximum atomic E-state index is 12.8. The van der Waals surface area contributed by atoms with Gasteiger partial charge in [0.2, 0.25) is 5.91 Å². The fraction of sp³-hybridized carbons (Fsp3) is 0.381. The Kier molecular flexibility index (Phi) is 8.76. The molecule has 1 aromatic carbocycles. The van der Waals surface area contributed by atoms with Gasteiger partial charge in [0.1, 0.15) is 6.42 Å². The molecule has 1 amide bonds. The zero-order chi connectivity index (χ0) is 20.5. The van der Waals surface area contributed by atoms with Crippen LogP contribution < -0.4 is 4.90 Å². The van der Waals surface area contributed by atoms with Crippen LogP contribution in [0.1, 0.15) is 12.0 Å². The number of allylic oxidation sites excluding steroid dienone is 3. The van der Waals surface area contributed by atoms with Crippen molar-refractivity contribution in [2.24, 2.45) is 0 Å². The van der Waals surface area contributed by atoms with E-state index in [1.54, 1.807) is 18.2 Å². The zero-order valence-corrected chi connectivity index (χ0v) is 16.9. The summed E-state index contributed by atoms with van der Waals surface area (Å²) in [5.41, 5.74) is 1.40. The van der Waals surface area contributed by atoms with Crippen molar-refractivity contribution in [3.8, 4) is 0 Å². The van der Waals surface area contributed by atoms with E-state index >= 15 is 0 Å². The third-order valence-corrected chi connectivity index (χ3v) is 9.31. The maximum Gasteiger partial charge on any atom is 0.397 e. The van der Waals surface area contributed by atoms with Crippen molar-refractivity contribution in [3.05, 3.63) is 67.8 Å². The van der Waals surface area contributed by atoms with Crippen LogP contribution in [0.25, 0.3) is 0 Å². The molecule has 0 spiro atoms. The SMILES string of the molecule is C=CC[Si](CC=C)(CC=C)CCN(C(=O)CC(F)(F)F)c1cccc(C)c1. The van der Waals surface area contributed by atoms with Crippen LogP contribution in [0.2, 0.25) is 24.2 Å². The highest BCUT2D eigenvalue weighted by molar-refractivity contribution is 6.81. The molecule has 6 heteroatoms. The summed E-state index contributed by atoms with van der Waals surface area (Å²) in [7, 11) is -1.94. The summed E-state index contributed by atoms with van der Waals surface area (Å²) >= 11 is 0. The van der Waals surface area contributed by atoms with Gasteiger partial charge in [-0.1, -0.05) is 30.4 Å². The first-order valence-corrected chi connectivity index (χ1v) is 11.8. The third-order valence-electron chi connectivity index (χ3n) is 4.56. The molecule has 1 aromatic rings. The molecule has 2 nitrogen and oxygen atoms in total. The highest BCUT2D eigenvalue weighted by atomic mass is 28.3. The fourth-order valence-electron chi connectivity index (χ4n) is 3.28. The van der Waals surface area contributed by atoms with Gasteiger partial charge in [-0.05, 0) is 48.8 Å². The smallest absolute Gasteiger partial charge is 0.312 e. The first-order chi connectivity index (χ1) is 12.7. The summed E-state index contributed by atoms with van der Waals surface area (Å²) in [5.74, 6) is -0.924. The molecule has 0 bridgehead atoms. The van der Waals surface area contributed by atoms with Crippen LogP contribution in [0.4, 0.5) is 18.9 Å². The van der Waals surface area contributed by atoms with Crippen molar-refractivity contribution in [1.29, 1.82) is 0 Å². The number of nitrogens with zero attached hydrogens (tertiary/aromatic N) is 1. The number of hydrogen-bond donors (Lipinski definition) is 0. The van der Waals surface area contributed by atoms with Crippen molar-refractivity contribution in [2.45, 2.75) is 43.7 Å². The highest BCUT2D eigenvalue weighted by Gasteiger charge is 2.35. The largest absolute Gasteiger partial charge is 0.397 e. The first kappa shape index (κ1) is 23.0. The van der Waals surface area contributed by atoms with Crippen LogP contribution in [-0.4, -0.2) is 26.7 Å². The lowest BCUT2D eigenvalue weighted by Crippen LogP contribution is -2.41. The van der Waals surface area contributed by atoms with E-state index in [-0.39, 0.29) is 6.54 Å². The minimum absolute atomic E-state index is 0.250. The van der Waals surface area contributed by atoms with E-state index < -0.39 is 26.6 Å². The van der Waals surface area contributed by atoms with Crippen LogP contribution in [-0.2, 0) is 4.79 Å². The Labute approximate surface area is 161 Å². The van der Waals surface area contributed by atoms with Crippen molar-refractivity contribution in [2.75, 3.05) is 11.4 Å². The summed E-state index contributed by atoms with van der Waals surface area (Å²) in [4.78, 5) is 13.7. The number of anilines is 1. The minimum Gasteiger partial charge on any atom is -0.312 e. The molecule has 0 aliphatic heterocycles. The van der Waals surface area contributed by atoms with Gasteiger partial charge < -0.3 is 4.90 Å². The second kappa shape index (κ2) is 10.3. The van der Waals surface area contributed by atoms with Gasteiger partial charge in [0, 0.05) is 12.2 Å². The number of aryl methyl sites for hydroxylation is 1. The number of halogens is 3. The number of hydrogen-bond acceptors (Lipinski definition) is 1. The Morgan fingerprint density at radius 1 is 1.11 bits per heavy atom. The van der Waals surface area contributed by atoms with Gasteiger partial charge in [0.05, 0.1) is 8.07 Å². The van der Waals surface area contributed by atoms with E-state index in [2.05, 4.69) is 19.7 Å². The standard InChI is InChI=1S/C21H28F3NOSi/c1-5-12-27(13-6-2,14-7-3)15-11-25(20(26)17-21(22,23)24)19-10-8-9-18(4)16-19/h5-10,16H,1-3,11-15,17H2,4H3. The number of rotatable bonds is 11. The molecule has 0 fully saturated rings. The molecule has 0 atom stereocenters. The minimum atomic E-state index is -4.53. The topological polar surface area (TPSA) is 20.3 Å². The molecule has 0 aliphatic rings. The number of alkyl halides is 3. The molecule has 0 radical (unpaired) electrons. The molecular formula is C21H28F3NOSi. The predicted molar refractivity (Wildman–Crippen MR) is 110 cm³/mol. The summed E-state index contributed by atoms with van der Waals surface area (Å²) in [5, 5.41) is 0. The van der Waals surface area contributed by atoms with E-state index in [1.807, 2.05) is 31.2 Å². The molecule has 0 aliphatic carbocycles. The molecular weight excluding hydrogens is 367 g/mol. The van der Waals surface area contributed by atoms with Crippen molar-refractivity contribution < 1.29 is 18.0 Å². The van der Waals surface area contributed by atoms with E-state index in [0.717, 1.165) is 23.7 Å². The first-order valence-electron chi connectivity index (χ1n) is 8.93. The monoisotopic (exact) mass is 395 g/mol. The normalized spacial score (nSPS) is 11.7. The van der Waals surface area contributed by atoms with Gasteiger partial charge in [-0.25, -0.2) is 0 Å². The summed E-state index contributed by atoms with van der Waals surface area (Å²) in [6.07, 6.45) is -0.424. The predicted octanol–water partition coefficient (Wildman–Crippen LogP) is 6.29. The molecule has 1 rings (SSSR count). The quantitative estimate of drug-likeness (QED) is 0.319. The van der Waals surface area contributed by atoms with Gasteiger partial charge in [-0.15, -0.1) is 19.7 Å². The van der Waals surface area contributed by atoms with Crippen LogP contribution in [0.3, 0.4) is 0 Å². The van der Waals surface area contributed by atoms with Crippen LogP contribution in [0.5, 0.6) is 0 Å². The fourth-order valence-corrected chi connectivity index (χ4v) is 6.93. The second-order valence-electron chi connectivity index (χ2n) is 6.90. The molecule has 0 aromatic heterocycles. The summed E-state index contributed by atoms with van der Waals surface area (Å²) in [6, 6.07) is 10.1. The molecule has 0 N–H and O–H groups in total. The summed E-state index contributed by atoms with van der Waals surface area (Å²) < 4.78 is 38.5. The lowest BCUT2D eigenvalue weighted by molar-refractivity contribution is -0.151. The van der Waals surface area contributed by atoms with Crippen LogP contribution >= 0.6 is 0 Å². The van der Waals surface area contributed by atoms with Gasteiger partial charge >= 0.3 is 6.18 Å². The Hall–Kier alpha value is -2.08.